The molecule has 1 atom stereocenters. The molecule has 0 bridgehead atoms. The Kier molecular flexibility index (Phi) is 4.87. The molecule has 23 heavy (non-hydrogen) atoms. The Morgan fingerprint density at radius 2 is 2.30 bits per heavy atom. The smallest absolute Gasteiger partial charge is 0.192 e. The van der Waals surface area contributed by atoms with Crippen LogP contribution in [-0.2, 0) is 6.54 Å². The van der Waals surface area contributed by atoms with Gasteiger partial charge in [0, 0.05) is 23.0 Å². The largest absolute Gasteiger partial charge is 0.302 e. The van der Waals surface area contributed by atoms with Crippen molar-refractivity contribution in [1.82, 2.24) is 14.8 Å². The standard InChI is InChI=1S/C17H18ClN3OS/c1-3-9-21-16(12-7-8-12)19-20-17(21)23-11(2)15(22)13-5-4-6-14(18)10-13/h3-6,10-12H,1,7-9H2,2H3. The molecular weight excluding hydrogens is 330 g/mol. The molecule has 3 rings (SSSR count). The van der Waals surface area contributed by atoms with E-state index in [1.54, 1.807) is 24.3 Å². The van der Waals surface area contributed by atoms with Crippen molar-refractivity contribution in [3.63, 3.8) is 0 Å². The lowest BCUT2D eigenvalue weighted by Crippen LogP contribution is -2.15. The molecule has 1 heterocycles. The normalized spacial score (nSPS) is 15.4. The first-order valence-electron chi connectivity index (χ1n) is 7.60. The number of aromatic nitrogens is 3. The van der Waals surface area contributed by atoms with Gasteiger partial charge in [0.15, 0.2) is 10.9 Å². The van der Waals surface area contributed by atoms with Crippen molar-refractivity contribution in [1.29, 1.82) is 0 Å². The minimum absolute atomic E-state index is 0.0404. The highest BCUT2D eigenvalue weighted by Gasteiger charge is 2.31. The fourth-order valence-electron chi connectivity index (χ4n) is 2.42. The lowest BCUT2D eigenvalue weighted by molar-refractivity contribution is 0.0994. The van der Waals surface area contributed by atoms with Crippen LogP contribution in [0.3, 0.4) is 0 Å². The average Bonchev–Trinajstić information content (AvgIpc) is 3.31. The quantitative estimate of drug-likeness (QED) is 0.424. The number of benzene rings is 1. The summed E-state index contributed by atoms with van der Waals surface area (Å²) in [6.07, 6.45) is 4.16. The van der Waals surface area contributed by atoms with E-state index in [9.17, 15) is 4.79 Å². The molecule has 1 aromatic heterocycles. The maximum absolute atomic E-state index is 12.6. The molecule has 1 fully saturated rings. The van der Waals surface area contributed by atoms with Crippen LogP contribution in [0.4, 0.5) is 0 Å². The molecule has 1 saturated carbocycles. The van der Waals surface area contributed by atoms with Gasteiger partial charge in [0.2, 0.25) is 0 Å². The van der Waals surface area contributed by atoms with E-state index in [0.29, 0.717) is 23.0 Å². The van der Waals surface area contributed by atoms with Crippen molar-refractivity contribution in [2.24, 2.45) is 0 Å². The maximum Gasteiger partial charge on any atom is 0.192 e. The number of carbonyl (C=O) groups excluding carboxylic acids is 1. The average molecular weight is 348 g/mol. The zero-order valence-corrected chi connectivity index (χ0v) is 14.5. The van der Waals surface area contributed by atoms with Gasteiger partial charge in [-0.1, -0.05) is 41.6 Å². The van der Waals surface area contributed by atoms with Crippen molar-refractivity contribution < 1.29 is 4.79 Å². The zero-order valence-electron chi connectivity index (χ0n) is 12.9. The van der Waals surface area contributed by atoms with Crippen LogP contribution in [0, 0.1) is 0 Å². The first kappa shape index (κ1) is 16.3. The molecule has 0 aliphatic heterocycles. The molecule has 1 aromatic carbocycles. The second-order valence-corrected chi connectivity index (χ2v) is 7.39. The number of rotatable bonds is 7. The Hall–Kier alpha value is -1.59. The molecule has 1 aliphatic carbocycles. The van der Waals surface area contributed by atoms with E-state index in [4.69, 9.17) is 11.6 Å². The topological polar surface area (TPSA) is 47.8 Å². The first-order valence-corrected chi connectivity index (χ1v) is 8.86. The summed E-state index contributed by atoms with van der Waals surface area (Å²) in [6, 6.07) is 7.04. The SMILES string of the molecule is C=CCn1c(SC(C)C(=O)c2cccc(Cl)c2)nnc1C1CC1. The molecule has 0 amide bonds. The fourth-order valence-corrected chi connectivity index (χ4v) is 3.55. The van der Waals surface area contributed by atoms with E-state index < -0.39 is 0 Å². The highest BCUT2D eigenvalue weighted by Crippen LogP contribution is 2.40. The number of thioether (sulfide) groups is 1. The second-order valence-electron chi connectivity index (χ2n) is 5.65. The van der Waals surface area contributed by atoms with Crippen molar-refractivity contribution in [2.75, 3.05) is 0 Å². The Morgan fingerprint density at radius 1 is 1.52 bits per heavy atom. The summed E-state index contributed by atoms with van der Waals surface area (Å²) in [5.41, 5.74) is 0.620. The van der Waals surface area contributed by atoms with Crippen LogP contribution >= 0.6 is 23.4 Å². The molecular formula is C17H18ClN3OS. The fraction of sp³-hybridized carbons (Fsp3) is 0.353. The van der Waals surface area contributed by atoms with E-state index in [2.05, 4.69) is 21.3 Å². The summed E-state index contributed by atoms with van der Waals surface area (Å²) in [6.45, 7) is 6.35. The van der Waals surface area contributed by atoms with Crippen LogP contribution in [0.25, 0.3) is 0 Å². The highest BCUT2D eigenvalue weighted by atomic mass is 35.5. The number of Topliss-reactive ketones (excluding diaryl/α,β-unsaturated/α-hetero) is 1. The lowest BCUT2D eigenvalue weighted by atomic mass is 10.1. The number of hydrogen-bond acceptors (Lipinski definition) is 4. The maximum atomic E-state index is 12.6. The van der Waals surface area contributed by atoms with Gasteiger partial charge >= 0.3 is 0 Å². The van der Waals surface area contributed by atoms with Crippen LogP contribution in [0.1, 0.15) is 41.9 Å². The van der Waals surface area contributed by atoms with Crippen molar-refractivity contribution in [3.8, 4) is 0 Å². The van der Waals surface area contributed by atoms with Crippen LogP contribution < -0.4 is 0 Å². The van der Waals surface area contributed by atoms with Gasteiger partial charge in [-0.3, -0.25) is 4.79 Å². The third-order valence-electron chi connectivity index (χ3n) is 3.76. The Balaban J connectivity index is 1.78. The lowest BCUT2D eigenvalue weighted by Gasteiger charge is -2.11. The zero-order chi connectivity index (χ0) is 16.4. The summed E-state index contributed by atoms with van der Waals surface area (Å²) in [5.74, 6) is 1.56. The molecule has 0 spiro atoms. The van der Waals surface area contributed by atoms with E-state index in [1.807, 2.05) is 13.0 Å². The third kappa shape index (κ3) is 3.67. The molecule has 0 saturated heterocycles. The van der Waals surface area contributed by atoms with Crippen molar-refractivity contribution >= 4 is 29.1 Å². The minimum Gasteiger partial charge on any atom is -0.302 e. The number of nitrogens with zero attached hydrogens (tertiary/aromatic N) is 3. The number of allylic oxidation sites excluding steroid dienone is 1. The van der Waals surface area contributed by atoms with Crippen LogP contribution in [-0.4, -0.2) is 25.8 Å². The molecule has 6 heteroatoms. The van der Waals surface area contributed by atoms with Crippen LogP contribution in [0.5, 0.6) is 0 Å². The summed E-state index contributed by atoms with van der Waals surface area (Å²) in [5, 5.41) is 9.67. The van der Waals surface area contributed by atoms with Gasteiger partial charge in [0.1, 0.15) is 5.82 Å². The summed E-state index contributed by atoms with van der Waals surface area (Å²) in [4.78, 5) is 12.6. The first-order chi connectivity index (χ1) is 11.1. The molecule has 0 N–H and O–H groups in total. The van der Waals surface area contributed by atoms with Crippen LogP contribution in [0.2, 0.25) is 5.02 Å². The minimum atomic E-state index is -0.256. The van der Waals surface area contributed by atoms with Gasteiger partial charge in [-0.05, 0) is 31.9 Å². The Bertz CT molecular complexity index is 739. The van der Waals surface area contributed by atoms with Gasteiger partial charge in [-0.2, -0.15) is 0 Å². The molecule has 4 nitrogen and oxygen atoms in total. The van der Waals surface area contributed by atoms with E-state index in [-0.39, 0.29) is 11.0 Å². The summed E-state index contributed by atoms with van der Waals surface area (Å²) < 4.78 is 2.07. The molecule has 0 radical (unpaired) electrons. The van der Waals surface area contributed by atoms with E-state index in [1.165, 1.54) is 11.8 Å². The van der Waals surface area contributed by atoms with Gasteiger partial charge < -0.3 is 4.57 Å². The number of carbonyl (C=O) groups is 1. The molecule has 1 unspecified atom stereocenters. The Labute approximate surface area is 144 Å². The number of halogens is 1. The van der Waals surface area contributed by atoms with Crippen LogP contribution in [0.15, 0.2) is 42.1 Å². The predicted octanol–water partition coefficient (Wildman–Crippen LogP) is 4.36. The van der Waals surface area contributed by atoms with Crippen molar-refractivity contribution in [2.45, 2.75) is 42.6 Å². The van der Waals surface area contributed by atoms with Gasteiger partial charge in [-0.25, -0.2) is 0 Å². The monoisotopic (exact) mass is 347 g/mol. The van der Waals surface area contributed by atoms with E-state index >= 15 is 0 Å². The Morgan fingerprint density at radius 3 is 2.96 bits per heavy atom. The number of ketones is 1. The predicted molar refractivity (Wildman–Crippen MR) is 93.3 cm³/mol. The molecule has 120 valence electrons. The highest BCUT2D eigenvalue weighted by molar-refractivity contribution is 8.00. The van der Waals surface area contributed by atoms with Crippen molar-refractivity contribution in [3.05, 3.63) is 53.3 Å². The third-order valence-corrected chi connectivity index (χ3v) is 5.08. The summed E-state index contributed by atoms with van der Waals surface area (Å²) in [7, 11) is 0. The second kappa shape index (κ2) is 6.89. The van der Waals surface area contributed by atoms with Gasteiger partial charge in [0.25, 0.3) is 0 Å². The van der Waals surface area contributed by atoms with Gasteiger partial charge in [-0.15, -0.1) is 16.8 Å². The van der Waals surface area contributed by atoms with Gasteiger partial charge in [0.05, 0.1) is 5.25 Å². The molecule has 2 aromatic rings. The molecule has 1 aliphatic rings. The van der Waals surface area contributed by atoms with E-state index in [0.717, 1.165) is 23.8 Å². The summed E-state index contributed by atoms with van der Waals surface area (Å²) >= 11 is 7.40. The number of hydrogen-bond donors (Lipinski definition) is 0.